The molecule has 1 unspecified atom stereocenters. The molecule has 0 bridgehead atoms. The highest BCUT2D eigenvalue weighted by Crippen LogP contribution is 2.25. The number of benzene rings is 2. The van der Waals surface area contributed by atoms with Gasteiger partial charge in [0.1, 0.15) is 11.6 Å². The Bertz CT molecular complexity index is 634. The van der Waals surface area contributed by atoms with Gasteiger partial charge < -0.3 is 9.84 Å². The van der Waals surface area contributed by atoms with Gasteiger partial charge in [0.15, 0.2) is 0 Å². The summed E-state index contributed by atoms with van der Waals surface area (Å²) in [4.78, 5) is 0. The van der Waals surface area contributed by atoms with Crippen LogP contribution in [0.1, 0.15) is 11.1 Å². The highest BCUT2D eigenvalue weighted by Gasteiger charge is 2.14. The van der Waals surface area contributed by atoms with E-state index in [1.165, 1.54) is 6.07 Å². The molecule has 0 saturated carbocycles. The van der Waals surface area contributed by atoms with E-state index < -0.39 is 11.9 Å². The van der Waals surface area contributed by atoms with E-state index in [4.69, 9.17) is 16.3 Å². The maximum absolute atomic E-state index is 13.8. The summed E-state index contributed by atoms with van der Waals surface area (Å²) in [6.07, 6.45) is -0.110. The zero-order chi connectivity index (χ0) is 15.4. The summed E-state index contributed by atoms with van der Waals surface area (Å²) in [5, 5.41) is 10.3. The molecule has 0 aromatic heterocycles. The molecule has 1 atom stereocenters. The lowest BCUT2D eigenvalue weighted by Crippen LogP contribution is -2.15. The van der Waals surface area contributed by atoms with E-state index in [0.717, 1.165) is 10.0 Å². The number of methoxy groups -OCH3 is 1. The Morgan fingerprint density at radius 2 is 1.95 bits per heavy atom. The molecule has 21 heavy (non-hydrogen) atoms. The minimum absolute atomic E-state index is 0.0715. The smallest absolute Gasteiger partial charge is 0.145 e. The number of aliphatic hydroxyl groups is 1. The van der Waals surface area contributed by atoms with Gasteiger partial charge in [-0.2, -0.15) is 0 Å². The third kappa shape index (κ3) is 4.19. The first-order valence-electron chi connectivity index (χ1n) is 6.44. The molecule has 0 aliphatic heterocycles. The van der Waals surface area contributed by atoms with Crippen LogP contribution in [0, 0.1) is 5.82 Å². The highest BCUT2D eigenvalue weighted by atomic mass is 79.9. The van der Waals surface area contributed by atoms with Gasteiger partial charge in [-0.3, -0.25) is 0 Å². The summed E-state index contributed by atoms with van der Waals surface area (Å²) < 4.78 is 19.9. The summed E-state index contributed by atoms with van der Waals surface area (Å²) in [6, 6.07) is 10.3. The van der Waals surface area contributed by atoms with E-state index >= 15 is 0 Å². The van der Waals surface area contributed by atoms with Gasteiger partial charge in [-0.25, -0.2) is 4.39 Å². The van der Waals surface area contributed by atoms with E-state index in [1.54, 1.807) is 19.2 Å². The van der Waals surface area contributed by atoms with Crippen molar-refractivity contribution in [2.24, 2.45) is 0 Å². The second-order valence-electron chi connectivity index (χ2n) is 4.73. The molecule has 0 aliphatic carbocycles. The van der Waals surface area contributed by atoms with Crippen molar-refractivity contribution in [1.82, 2.24) is 0 Å². The number of hydrogen-bond donors (Lipinski definition) is 1. The van der Waals surface area contributed by atoms with Crippen LogP contribution in [0.5, 0.6) is 5.75 Å². The van der Waals surface area contributed by atoms with E-state index in [0.29, 0.717) is 17.7 Å². The molecular formula is C16H15BrClFO2. The first-order valence-corrected chi connectivity index (χ1v) is 7.61. The van der Waals surface area contributed by atoms with Gasteiger partial charge in [0, 0.05) is 10.9 Å². The number of rotatable bonds is 5. The predicted octanol–water partition coefficient (Wildman–Crippen LogP) is 4.40. The normalized spacial score (nSPS) is 12.2. The Balaban J connectivity index is 2.11. The average molecular weight is 374 g/mol. The summed E-state index contributed by atoms with van der Waals surface area (Å²) in [6.45, 7) is 0. The van der Waals surface area contributed by atoms with Gasteiger partial charge in [-0.05, 0) is 41.8 Å². The molecule has 0 spiro atoms. The summed E-state index contributed by atoms with van der Waals surface area (Å²) in [5.41, 5.74) is 1.32. The largest absolute Gasteiger partial charge is 0.497 e. The molecule has 5 heteroatoms. The van der Waals surface area contributed by atoms with Crippen molar-refractivity contribution in [3.63, 3.8) is 0 Å². The molecular weight excluding hydrogens is 359 g/mol. The van der Waals surface area contributed by atoms with Crippen molar-refractivity contribution in [2.45, 2.75) is 18.9 Å². The van der Waals surface area contributed by atoms with Gasteiger partial charge in [0.2, 0.25) is 0 Å². The van der Waals surface area contributed by atoms with Crippen LogP contribution in [0.25, 0.3) is 0 Å². The van der Waals surface area contributed by atoms with Crippen LogP contribution < -0.4 is 4.74 Å². The van der Waals surface area contributed by atoms with Crippen molar-refractivity contribution in [2.75, 3.05) is 7.11 Å². The Hall–Kier alpha value is -1.10. The second-order valence-corrected chi connectivity index (χ2v) is 5.99. The lowest BCUT2D eigenvalue weighted by atomic mass is 10.0. The van der Waals surface area contributed by atoms with Gasteiger partial charge in [0.25, 0.3) is 0 Å². The van der Waals surface area contributed by atoms with Crippen LogP contribution in [-0.4, -0.2) is 18.3 Å². The van der Waals surface area contributed by atoms with Crippen LogP contribution in [0.15, 0.2) is 40.9 Å². The van der Waals surface area contributed by atoms with Crippen molar-refractivity contribution in [1.29, 1.82) is 0 Å². The van der Waals surface area contributed by atoms with Gasteiger partial charge >= 0.3 is 0 Å². The SMILES string of the molecule is COc1ccc(Br)c(CC(O)Cc2cccc(Cl)c2F)c1. The predicted molar refractivity (Wildman–Crippen MR) is 85.5 cm³/mol. The molecule has 0 fully saturated rings. The molecule has 2 nitrogen and oxygen atoms in total. The Morgan fingerprint density at radius 3 is 2.67 bits per heavy atom. The van der Waals surface area contributed by atoms with Crippen molar-refractivity contribution in [3.05, 3.63) is 62.8 Å². The third-order valence-corrected chi connectivity index (χ3v) is 4.26. The zero-order valence-corrected chi connectivity index (χ0v) is 13.8. The van der Waals surface area contributed by atoms with Crippen LogP contribution in [0.3, 0.4) is 0 Å². The van der Waals surface area contributed by atoms with Gasteiger partial charge in [-0.15, -0.1) is 0 Å². The Morgan fingerprint density at radius 1 is 1.24 bits per heavy atom. The first-order chi connectivity index (χ1) is 10.0. The van der Waals surface area contributed by atoms with Crippen LogP contribution in [0.2, 0.25) is 5.02 Å². The quantitative estimate of drug-likeness (QED) is 0.842. The molecule has 1 N–H and O–H groups in total. The summed E-state index contributed by atoms with van der Waals surface area (Å²) >= 11 is 9.18. The molecule has 0 aliphatic rings. The molecule has 0 heterocycles. The fraction of sp³-hybridized carbons (Fsp3) is 0.250. The standard InChI is InChI=1S/C16H15BrClFO2/c1-21-13-5-6-14(17)11(9-13)8-12(20)7-10-3-2-4-15(18)16(10)19/h2-6,9,12,20H,7-8H2,1H3. The maximum atomic E-state index is 13.8. The zero-order valence-electron chi connectivity index (χ0n) is 11.4. The minimum atomic E-state index is -0.707. The highest BCUT2D eigenvalue weighted by molar-refractivity contribution is 9.10. The minimum Gasteiger partial charge on any atom is -0.497 e. The number of hydrogen-bond acceptors (Lipinski definition) is 2. The number of ether oxygens (including phenoxy) is 1. The fourth-order valence-corrected chi connectivity index (χ4v) is 2.72. The third-order valence-electron chi connectivity index (χ3n) is 3.20. The van der Waals surface area contributed by atoms with Crippen molar-refractivity contribution in [3.8, 4) is 5.75 Å². The summed E-state index contributed by atoms with van der Waals surface area (Å²) in [5.74, 6) is 0.247. The van der Waals surface area contributed by atoms with E-state index in [1.807, 2.05) is 18.2 Å². The van der Waals surface area contributed by atoms with E-state index in [2.05, 4.69) is 15.9 Å². The average Bonchev–Trinajstić information content (AvgIpc) is 2.46. The van der Waals surface area contributed by atoms with Gasteiger partial charge in [-0.1, -0.05) is 39.7 Å². The fourth-order valence-electron chi connectivity index (χ4n) is 2.12. The molecule has 2 aromatic carbocycles. The first kappa shape index (κ1) is 16.3. The van der Waals surface area contributed by atoms with E-state index in [9.17, 15) is 9.50 Å². The summed E-state index contributed by atoms with van der Waals surface area (Å²) in [7, 11) is 1.59. The lowest BCUT2D eigenvalue weighted by molar-refractivity contribution is 0.174. The maximum Gasteiger partial charge on any atom is 0.145 e. The topological polar surface area (TPSA) is 29.5 Å². The van der Waals surface area contributed by atoms with Crippen LogP contribution >= 0.6 is 27.5 Å². The molecule has 0 radical (unpaired) electrons. The second kappa shape index (κ2) is 7.25. The number of aliphatic hydroxyl groups excluding tert-OH is 1. The molecule has 112 valence electrons. The number of halogens is 3. The molecule has 0 saturated heterocycles. The molecule has 0 amide bonds. The molecule has 2 aromatic rings. The van der Waals surface area contributed by atoms with Crippen molar-refractivity contribution < 1.29 is 14.2 Å². The Labute approximate surface area is 136 Å². The molecule has 2 rings (SSSR count). The monoisotopic (exact) mass is 372 g/mol. The van der Waals surface area contributed by atoms with E-state index in [-0.39, 0.29) is 11.4 Å². The lowest BCUT2D eigenvalue weighted by Gasteiger charge is -2.14. The van der Waals surface area contributed by atoms with Crippen molar-refractivity contribution >= 4 is 27.5 Å². The Kier molecular flexibility index (Phi) is 5.62. The van der Waals surface area contributed by atoms with Gasteiger partial charge in [0.05, 0.1) is 18.2 Å². The van der Waals surface area contributed by atoms with Crippen LogP contribution in [0.4, 0.5) is 4.39 Å². The van der Waals surface area contributed by atoms with Crippen LogP contribution in [-0.2, 0) is 12.8 Å².